The summed E-state index contributed by atoms with van der Waals surface area (Å²) in [6.45, 7) is 1.89. The number of benzene rings is 1. The smallest absolute Gasteiger partial charge is 0.244 e. The Kier molecular flexibility index (Phi) is 3.60. The van der Waals surface area contributed by atoms with Crippen LogP contribution in [0.4, 0.5) is 0 Å². The van der Waals surface area contributed by atoms with E-state index in [0.717, 1.165) is 16.7 Å². The number of rotatable bonds is 4. The predicted molar refractivity (Wildman–Crippen MR) is 80.5 cm³/mol. The summed E-state index contributed by atoms with van der Waals surface area (Å²) < 4.78 is 10.9. The van der Waals surface area contributed by atoms with Crippen molar-refractivity contribution in [2.24, 2.45) is 0 Å². The molecule has 0 fully saturated rings. The van der Waals surface area contributed by atoms with Gasteiger partial charge < -0.3 is 14.2 Å². The van der Waals surface area contributed by atoms with Gasteiger partial charge in [0, 0.05) is 11.5 Å². The predicted octanol–water partition coefficient (Wildman–Crippen LogP) is 3.92. The van der Waals surface area contributed by atoms with Gasteiger partial charge in [0.15, 0.2) is 0 Å². The first kappa shape index (κ1) is 13.2. The Morgan fingerprint density at radius 3 is 2.86 bits per heavy atom. The maximum absolute atomic E-state index is 11.9. The minimum atomic E-state index is -0.203. The van der Waals surface area contributed by atoms with Crippen molar-refractivity contribution in [2.75, 3.05) is 0 Å². The lowest BCUT2D eigenvalue weighted by atomic mass is 10.2. The summed E-state index contributed by atoms with van der Waals surface area (Å²) >= 11 is 0. The highest BCUT2D eigenvalue weighted by molar-refractivity contribution is 5.91. The maximum Gasteiger partial charge on any atom is 0.244 e. The molecule has 0 bridgehead atoms. The topological polar surface area (TPSA) is 55.4 Å². The number of hydrogen-bond donors (Lipinski definition) is 1. The second-order valence-corrected chi connectivity index (χ2v) is 4.77. The minimum absolute atomic E-state index is 0.195. The Balaban J connectivity index is 1.67. The molecule has 4 heteroatoms. The average Bonchev–Trinajstić information content (AvgIpc) is 3.14. The van der Waals surface area contributed by atoms with Gasteiger partial charge in [0.05, 0.1) is 12.3 Å². The molecule has 21 heavy (non-hydrogen) atoms. The van der Waals surface area contributed by atoms with E-state index in [1.54, 1.807) is 24.5 Å². The van der Waals surface area contributed by atoms with Crippen LogP contribution in [0.2, 0.25) is 0 Å². The first-order valence-corrected chi connectivity index (χ1v) is 6.73. The van der Waals surface area contributed by atoms with Gasteiger partial charge in [-0.1, -0.05) is 18.2 Å². The first-order valence-electron chi connectivity index (χ1n) is 6.73. The summed E-state index contributed by atoms with van der Waals surface area (Å²) in [5.41, 5.74) is 0.819. The van der Waals surface area contributed by atoms with Crippen molar-refractivity contribution < 1.29 is 13.6 Å². The van der Waals surface area contributed by atoms with Gasteiger partial charge in [0.2, 0.25) is 5.91 Å². The fourth-order valence-corrected chi connectivity index (χ4v) is 2.09. The number of hydrogen-bond acceptors (Lipinski definition) is 3. The number of nitrogens with one attached hydrogen (secondary N) is 1. The van der Waals surface area contributed by atoms with Crippen LogP contribution in [-0.2, 0) is 4.79 Å². The highest BCUT2D eigenvalue weighted by Crippen LogP contribution is 2.23. The van der Waals surface area contributed by atoms with Crippen molar-refractivity contribution >= 4 is 23.0 Å². The van der Waals surface area contributed by atoms with Gasteiger partial charge in [-0.05, 0) is 37.3 Å². The molecule has 106 valence electrons. The molecular formula is C17H15NO3. The van der Waals surface area contributed by atoms with Gasteiger partial charge >= 0.3 is 0 Å². The molecule has 1 atom stereocenters. The van der Waals surface area contributed by atoms with E-state index >= 15 is 0 Å². The Labute approximate surface area is 122 Å². The molecule has 2 aromatic heterocycles. The van der Waals surface area contributed by atoms with E-state index in [0.29, 0.717) is 5.76 Å². The molecule has 0 saturated heterocycles. The van der Waals surface area contributed by atoms with Crippen molar-refractivity contribution in [3.63, 3.8) is 0 Å². The number of furan rings is 2. The molecule has 0 saturated carbocycles. The third kappa shape index (κ3) is 3.05. The largest absolute Gasteiger partial charge is 0.465 e. The molecule has 0 aliphatic heterocycles. The SMILES string of the molecule is CC(NC(=O)/C=C/c1ccco1)c1cc2ccccc2o1. The molecule has 0 radical (unpaired) electrons. The zero-order valence-electron chi connectivity index (χ0n) is 11.6. The second-order valence-electron chi connectivity index (χ2n) is 4.77. The highest BCUT2D eigenvalue weighted by atomic mass is 16.3. The van der Waals surface area contributed by atoms with Crippen LogP contribution in [0.1, 0.15) is 24.5 Å². The van der Waals surface area contributed by atoms with Crippen molar-refractivity contribution in [3.05, 3.63) is 66.3 Å². The number of carbonyl (C=O) groups excluding carboxylic acids is 1. The lowest BCUT2D eigenvalue weighted by Crippen LogP contribution is -2.24. The van der Waals surface area contributed by atoms with Crippen LogP contribution in [0.15, 0.2) is 63.6 Å². The maximum atomic E-state index is 11.9. The zero-order valence-corrected chi connectivity index (χ0v) is 11.6. The van der Waals surface area contributed by atoms with E-state index < -0.39 is 0 Å². The Morgan fingerprint density at radius 1 is 1.24 bits per heavy atom. The second kappa shape index (κ2) is 5.71. The summed E-state index contributed by atoms with van der Waals surface area (Å²) in [5, 5.41) is 3.89. The zero-order chi connectivity index (χ0) is 14.7. The van der Waals surface area contributed by atoms with Crippen molar-refractivity contribution in [3.8, 4) is 0 Å². The normalized spacial score (nSPS) is 12.8. The molecule has 0 aliphatic rings. The monoisotopic (exact) mass is 281 g/mol. The van der Waals surface area contributed by atoms with Crippen LogP contribution in [-0.4, -0.2) is 5.91 Å². The van der Waals surface area contributed by atoms with E-state index in [-0.39, 0.29) is 11.9 Å². The Hall–Kier alpha value is -2.75. The van der Waals surface area contributed by atoms with Crippen LogP contribution in [0.25, 0.3) is 17.0 Å². The van der Waals surface area contributed by atoms with Crippen LogP contribution in [0.5, 0.6) is 0 Å². The number of fused-ring (bicyclic) bond motifs is 1. The van der Waals surface area contributed by atoms with Gasteiger partial charge in [0.1, 0.15) is 17.1 Å². The third-order valence-corrected chi connectivity index (χ3v) is 3.17. The summed E-state index contributed by atoms with van der Waals surface area (Å²) in [6.07, 6.45) is 4.63. The summed E-state index contributed by atoms with van der Waals surface area (Å²) in [6, 6.07) is 13.1. The minimum Gasteiger partial charge on any atom is -0.465 e. The summed E-state index contributed by atoms with van der Waals surface area (Å²) in [7, 11) is 0. The number of para-hydroxylation sites is 1. The number of carbonyl (C=O) groups is 1. The molecule has 3 rings (SSSR count). The molecule has 3 aromatic rings. The molecule has 1 amide bonds. The van der Waals surface area contributed by atoms with Gasteiger partial charge in [-0.2, -0.15) is 0 Å². The van der Waals surface area contributed by atoms with Crippen LogP contribution in [0.3, 0.4) is 0 Å². The van der Waals surface area contributed by atoms with E-state index in [9.17, 15) is 4.79 Å². The van der Waals surface area contributed by atoms with Crippen LogP contribution in [0, 0.1) is 0 Å². The molecule has 1 unspecified atom stereocenters. The lowest BCUT2D eigenvalue weighted by Gasteiger charge is -2.08. The van der Waals surface area contributed by atoms with Crippen molar-refractivity contribution in [1.29, 1.82) is 0 Å². The Morgan fingerprint density at radius 2 is 2.10 bits per heavy atom. The fourth-order valence-electron chi connectivity index (χ4n) is 2.09. The van der Waals surface area contributed by atoms with E-state index in [1.807, 2.05) is 37.3 Å². The van der Waals surface area contributed by atoms with Gasteiger partial charge in [0.25, 0.3) is 0 Å². The standard InChI is InChI=1S/C17H15NO3/c1-12(16-11-13-5-2-3-7-15(13)21-16)18-17(19)9-8-14-6-4-10-20-14/h2-12H,1H3,(H,18,19)/b9-8+. The highest BCUT2D eigenvalue weighted by Gasteiger charge is 2.12. The first-order chi connectivity index (χ1) is 10.2. The van der Waals surface area contributed by atoms with E-state index in [1.165, 1.54) is 6.08 Å². The van der Waals surface area contributed by atoms with Crippen molar-refractivity contribution in [2.45, 2.75) is 13.0 Å². The summed E-state index contributed by atoms with van der Waals surface area (Å²) in [5.74, 6) is 1.18. The van der Waals surface area contributed by atoms with E-state index in [4.69, 9.17) is 8.83 Å². The molecule has 1 aromatic carbocycles. The number of amides is 1. The van der Waals surface area contributed by atoms with Gasteiger partial charge in [-0.25, -0.2) is 0 Å². The Bertz CT molecular complexity index is 735. The molecular weight excluding hydrogens is 266 g/mol. The molecule has 0 aliphatic carbocycles. The van der Waals surface area contributed by atoms with E-state index in [2.05, 4.69) is 5.32 Å². The molecule has 2 heterocycles. The summed E-state index contributed by atoms with van der Waals surface area (Å²) in [4.78, 5) is 11.9. The van der Waals surface area contributed by atoms with Crippen molar-refractivity contribution in [1.82, 2.24) is 5.32 Å². The van der Waals surface area contributed by atoms with Crippen LogP contribution < -0.4 is 5.32 Å². The lowest BCUT2D eigenvalue weighted by molar-refractivity contribution is -0.117. The van der Waals surface area contributed by atoms with Crippen LogP contribution >= 0.6 is 0 Å². The third-order valence-electron chi connectivity index (χ3n) is 3.17. The van der Waals surface area contributed by atoms with Gasteiger partial charge in [-0.15, -0.1) is 0 Å². The van der Waals surface area contributed by atoms with Gasteiger partial charge in [-0.3, -0.25) is 4.79 Å². The molecule has 1 N–H and O–H groups in total. The molecule has 0 spiro atoms. The fraction of sp³-hybridized carbons (Fsp3) is 0.118. The average molecular weight is 281 g/mol. The molecule has 4 nitrogen and oxygen atoms in total. The quantitative estimate of drug-likeness (QED) is 0.737.